The van der Waals surface area contributed by atoms with Crippen molar-refractivity contribution in [3.63, 3.8) is 0 Å². The van der Waals surface area contributed by atoms with Gasteiger partial charge in [-0.25, -0.2) is 12.9 Å². The second kappa shape index (κ2) is 7.16. The second-order valence-corrected chi connectivity index (χ2v) is 11.4. The molecule has 3 aromatic rings. The maximum Gasteiger partial charge on any atom is 0.232 e. The SMILES string of the molecule is Cc1ccc(C)c(NS(=O)(=O)CCC(C)(C)c2nnc3cc(C(C)(C)C)[nH]n23)c1. The van der Waals surface area contributed by atoms with Gasteiger partial charge >= 0.3 is 0 Å². The molecular formula is C21H31N5O2S. The lowest BCUT2D eigenvalue weighted by atomic mass is 9.89. The number of benzene rings is 1. The lowest BCUT2D eigenvalue weighted by Gasteiger charge is -2.23. The Balaban J connectivity index is 1.79. The van der Waals surface area contributed by atoms with E-state index in [2.05, 4.69) is 40.8 Å². The quantitative estimate of drug-likeness (QED) is 0.632. The van der Waals surface area contributed by atoms with Crippen LogP contribution in [0.25, 0.3) is 5.65 Å². The monoisotopic (exact) mass is 417 g/mol. The van der Waals surface area contributed by atoms with Crippen molar-refractivity contribution >= 4 is 21.4 Å². The minimum atomic E-state index is -3.49. The van der Waals surface area contributed by atoms with E-state index in [4.69, 9.17) is 0 Å². The number of sulfonamides is 1. The molecule has 0 saturated heterocycles. The zero-order valence-electron chi connectivity index (χ0n) is 18.3. The van der Waals surface area contributed by atoms with E-state index >= 15 is 0 Å². The Morgan fingerprint density at radius 1 is 1.07 bits per heavy atom. The number of hydrogen-bond acceptors (Lipinski definition) is 4. The summed E-state index contributed by atoms with van der Waals surface area (Å²) < 4.78 is 30.0. The van der Waals surface area contributed by atoms with Crippen molar-refractivity contribution in [2.45, 2.75) is 65.7 Å². The Labute approximate surface area is 173 Å². The molecule has 0 amide bonds. The third-order valence-corrected chi connectivity index (χ3v) is 6.53. The van der Waals surface area contributed by atoms with Gasteiger partial charge in [0.15, 0.2) is 11.5 Å². The van der Waals surface area contributed by atoms with Gasteiger partial charge in [-0.3, -0.25) is 9.82 Å². The smallest absolute Gasteiger partial charge is 0.232 e. The molecule has 8 heteroatoms. The third-order valence-electron chi connectivity index (χ3n) is 5.26. The van der Waals surface area contributed by atoms with Crippen LogP contribution in [0.15, 0.2) is 24.3 Å². The number of nitrogens with zero attached hydrogens (tertiary/aromatic N) is 3. The number of hydrogen-bond donors (Lipinski definition) is 2. The van der Waals surface area contributed by atoms with Gasteiger partial charge in [-0.1, -0.05) is 46.8 Å². The molecule has 0 radical (unpaired) electrons. The lowest BCUT2D eigenvalue weighted by Crippen LogP contribution is -2.27. The van der Waals surface area contributed by atoms with Crippen LogP contribution in [-0.2, 0) is 20.9 Å². The molecule has 0 atom stereocenters. The predicted molar refractivity (Wildman–Crippen MR) is 117 cm³/mol. The number of fused-ring (bicyclic) bond motifs is 1. The van der Waals surface area contributed by atoms with Crippen LogP contribution in [0.4, 0.5) is 5.69 Å². The van der Waals surface area contributed by atoms with Gasteiger partial charge in [0.2, 0.25) is 10.0 Å². The van der Waals surface area contributed by atoms with Gasteiger partial charge < -0.3 is 0 Å². The van der Waals surface area contributed by atoms with Crippen LogP contribution in [0.1, 0.15) is 63.7 Å². The van der Waals surface area contributed by atoms with Crippen molar-refractivity contribution in [2.24, 2.45) is 0 Å². The summed E-state index contributed by atoms with van der Waals surface area (Å²) in [4.78, 5) is 0. The molecule has 158 valence electrons. The number of aromatic amines is 1. The normalized spacial score (nSPS) is 13.2. The summed E-state index contributed by atoms with van der Waals surface area (Å²) in [6, 6.07) is 7.73. The molecule has 0 aliphatic carbocycles. The Morgan fingerprint density at radius 3 is 2.41 bits per heavy atom. The maximum absolute atomic E-state index is 12.7. The van der Waals surface area contributed by atoms with E-state index < -0.39 is 15.4 Å². The second-order valence-electron chi connectivity index (χ2n) is 9.51. The molecule has 0 unspecified atom stereocenters. The highest BCUT2D eigenvalue weighted by Crippen LogP contribution is 2.29. The van der Waals surface area contributed by atoms with Crippen molar-refractivity contribution in [3.05, 3.63) is 46.9 Å². The molecule has 7 nitrogen and oxygen atoms in total. The van der Waals surface area contributed by atoms with Crippen LogP contribution in [0, 0.1) is 13.8 Å². The molecule has 2 heterocycles. The Hall–Kier alpha value is -2.35. The van der Waals surface area contributed by atoms with Gasteiger partial charge in [0.1, 0.15) is 0 Å². The fraction of sp³-hybridized carbons (Fsp3) is 0.524. The average Bonchev–Trinajstić information content (AvgIpc) is 3.16. The van der Waals surface area contributed by atoms with E-state index in [9.17, 15) is 8.42 Å². The molecule has 1 aromatic carbocycles. The van der Waals surface area contributed by atoms with Gasteiger partial charge in [0.25, 0.3) is 0 Å². The molecule has 0 saturated carbocycles. The fourth-order valence-electron chi connectivity index (χ4n) is 3.17. The predicted octanol–water partition coefficient (Wildman–Crippen LogP) is 4.08. The summed E-state index contributed by atoms with van der Waals surface area (Å²) in [5.41, 5.74) is 3.83. The summed E-state index contributed by atoms with van der Waals surface area (Å²) >= 11 is 0. The van der Waals surface area contributed by atoms with Crippen LogP contribution < -0.4 is 4.72 Å². The molecule has 3 rings (SSSR count). The molecule has 0 fully saturated rings. The summed E-state index contributed by atoms with van der Waals surface area (Å²) in [5.74, 6) is 0.722. The molecule has 0 aliphatic heterocycles. The van der Waals surface area contributed by atoms with Crippen molar-refractivity contribution in [1.29, 1.82) is 0 Å². The van der Waals surface area contributed by atoms with Crippen molar-refractivity contribution in [2.75, 3.05) is 10.5 Å². The van der Waals surface area contributed by atoms with E-state index in [-0.39, 0.29) is 11.2 Å². The van der Waals surface area contributed by atoms with Gasteiger partial charge in [0.05, 0.1) is 11.4 Å². The molecule has 2 N–H and O–H groups in total. The zero-order valence-corrected chi connectivity index (χ0v) is 19.1. The minimum Gasteiger partial charge on any atom is -0.295 e. The standard InChI is InChI=1S/C21H31N5O2S/c1-14-8-9-15(2)16(12-14)25-29(27,28)11-10-21(6,7)19-23-22-18-13-17(20(3,4)5)24-26(18)19/h8-9,12-13,24-25H,10-11H2,1-7H3. The number of anilines is 1. The molecule has 2 aromatic heterocycles. The highest BCUT2D eigenvalue weighted by atomic mass is 32.2. The summed E-state index contributed by atoms with van der Waals surface area (Å²) in [7, 11) is -3.49. The lowest BCUT2D eigenvalue weighted by molar-refractivity contribution is 0.455. The number of rotatable bonds is 6. The summed E-state index contributed by atoms with van der Waals surface area (Å²) in [6.45, 7) is 14.2. The van der Waals surface area contributed by atoms with Gasteiger partial charge in [0, 0.05) is 22.6 Å². The largest absolute Gasteiger partial charge is 0.295 e. The third kappa shape index (κ3) is 4.63. The highest BCUT2D eigenvalue weighted by molar-refractivity contribution is 7.92. The molecule has 29 heavy (non-hydrogen) atoms. The Bertz CT molecular complexity index is 1130. The Morgan fingerprint density at radius 2 is 1.76 bits per heavy atom. The molecule has 0 spiro atoms. The van der Waals surface area contributed by atoms with Crippen LogP contribution in [0.5, 0.6) is 0 Å². The van der Waals surface area contributed by atoms with Crippen LogP contribution in [-0.4, -0.2) is 34.0 Å². The first-order chi connectivity index (χ1) is 13.3. The van der Waals surface area contributed by atoms with Crippen LogP contribution >= 0.6 is 0 Å². The topological polar surface area (TPSA) is 92.2 Å². The summed E-state index contributed by atoms with van der Waals surface area (Å²) in [6.07, 6.45) is 0.415. The van der Waals surface area contributed by atoms with Crippen molar-refractivity contribution < 1.29 is 8.42 Å². The first-order valence-electron chi connectivity index (χ1n) is 9.81. The van der Waals surface area contributed by atoms with Crippen molar-refractivity contribution in [1.82, 2.24) is 19.8 Å². The van der Waals surface area contributed by atoms with Crippen LogP contribution in [0.3, 0.4) is 0 Å². The van der Waals surface area contributed by atoms with E-state index in [1.807, 2.05) is 56.5 Å². The van der Waals surface area contributed by atoms with E-state index in [1.54, 1.807) is 0 Å². The fourth-order valence-corrected chi connectivity index (χ4v) is 4.61. The molecule has 0 aliphatic rings. The number of H-pyrrole nitrogens is 1. The Kier molecular flexibility index (Phi) is 5.28. The zero-order chi connectivity index (χ0) is 21.6. The van der Waals surface area contributed by atoms with E-state index in [0.717, 1.165) is 28.3 Å². The number of aryl methyl sites for hydroxylation is 2. The van der Waals surface area contributed by atoms with E-state index in [0.29, 0.717) is 12.1 Å². The maximum atomic E-state index is 12.7. The van der Waals surface area contributed by atoms with E-state index in [1.165, 1.54) is 0 Å². The van der Waals surface area contributed by atoms with Gasteiger partial charge in [-0.15, -0.1) is 10.2 Å². The van der Waals surface area contributed by atoms with Gasteiger partial charge in [-0.05, 0) is 37.5 Å². The van der Waals surface area contributed by atoms with Gasteiger partial charge in [-0.2, -0.15) is 0 Å². The first kappa shape index (κ1) is 21.4. The van der Waals surface area contributed by atoms with Crippen LogP contribution in [0.2, 0.25) is 0 Å². The molecular weight excluding hydrogens is 386 g/mol. The number of nitrogens with one attached hydrogen (secondary N) is 2. The highest BCUT2D eigenvalue weighted by Gasteiger charge is 2.30. The number of aromatic nitrogens is 4. The average molecular weight is 418 g/mol. The summed E-state index contributed by atoms with van der Waals surface area (Å²) in [5, 5.41) is 12.0. The first-order valence-corrected chi connectivity index (χ1v) is 11.5. The van der Waals surface area contributed by atoms with Crippen molar-refractivity contribution in [3.8, 4) is 0 Å². The minimum absolute atomic E-state index is 0.00483. The molecule has 0 bridgehead atoms.